The Morgan fingerprint density at radius 3 is 2.60 bits per heavy atom. The highest BCUT2D eigenvalue weighted by molar-refractivity contribution is 6.38. The number of alkyl halides is 1. The van der Waals surface area contributed by atoms with Crippen molar-refractivity contribution in [1.29, 1.82) is 0 Å². The number of benzene rings is 3. The molecule has 0 saturated carbocycles. The number of aromatic nitrogens is 2. The predicted molar refractivity (Wildman–Crippen MR) is 168 cm³/mol. The van der Waals surface area contributed by atoms with Crippen molar-refractivity contribution in [3.05, 3.63) is 71.2 Å². The summed E-state index contributed by atoms with van der Waals surface area (Å²) in [5.74, 6) is 0.590. The number of piperazine rings is 1. The Kier molecular flexibility index (Phi) is 7.96. The van der Waals surface area contributed by atoms with Crippen LogP contribution in [0.15, 0.2) is 61.2 Å². The van der Waals surface area contributed by atoms with Crippen LogP contribution < -0.4 is 9.64 Å². The van der Waals surface area contributed by atoms with E-state index in [1.54, 1.807) is 4.90 Å². The highest BCUT2D eigenvalue weighted by Gasteiger charge is 2.31. The summed E-state index contributed by atoms with van der Waals surface area (Å²) < 4.78 is 20.2. The Morgan fingerprint density at radius 2 is 1.88 bits per heavy atom. The molecule has 0 radical (unpaired) electrons. The van der Waals surface area contributed by atoms with Gasteiger partial charge in [-0.15, -0.1) is 0 Å². The van der Waals surface area contributed by atoms with Crippen molar-refractivity contribution < 1.29 is 13.9 Å². The maximum atomic E-state index is 14.0. The van der Waals surface area contributed by atoms with Crippen LogP contribution in [0.2, 0.25) is 10.0 Å². The van der Waals surface area contributed by atoms with Crippen LogP contribution in [0.25, 0.3) is 32.8 Å². The molecule has 2 saturated heterocycles. The zero-order chi connectivity index (χ0) is 29.5. The second kappa shape index (κ2) is 11.7. The third-order valence-electron chi connectivity index (χ3n) is 8.32. The van der Waals surface area contributed by atoms with Crippen molar-refractivity contribution in [2.75, 3.05) is 44.7 Å². The first-order valence-electron chi connectivity index (χ1n) is 14.1. The van der Waals surface area contributed by atoms with Gasteiger partial charge in [-0.2, -0.15) is 9.97 Å². The number of carbonyl (C=O) groups excluding carboxylic acids is 1. The van der Waals surface area contributed by atoms with E-state index in [2.05, 4.69) is 18.4 Å². The lowest BCUT2D eigenvalue weighted by atomic mass is 9.97. The van der Waals surface area contributed by atoms with Gasteiger partial charge in [-0.25, -0.2) is 4.39 Å². The number of likely N-dealkylation sites (tertiary alicyclic amines) is 1. The molecule has 0 bridgehead atoms. The average Bonchev–Trinajstić information content (AvgIpc) is 3.31. The highest BCUT2D eigenvalue weighted by Crippen LogP contribution is 2.41. The molecule has 0 N–H and O–H groups in total. The molecule has 3 aromatic carbocycles. The number of rotatable bonds is 6. The number of ether oxygens (including phenoxy) is 1. The molecule has 10 heteroatoms. The molecular formula is C32H32Cl2FN5O2. The van der Waals surface area contributed by atoms with E-state index in [9.17, 15) is 9.18 Å². The molecule has 0 unspecified atom stereocenters. The largest absolute Gasteiger partial charge is 0.462 e. The summed E-state index contributed by atoms with van der Waals surface area (Å²) in [6.45, 7) is 7.97. The second-order valence-electron chi connectivity index (χ2n) is 11.1. The van der Waals surface area contributed by atoms with E-state index in [1.165, 1.54) is 6.08 Å². The predicted octanol–water partition coefficient (Wildman–Crippen LogP) is 6.40. The van der Waals surface area contributed by atoms with E-state index < -0.39 is 6.17 Å². The topological polar surface area (TPSA) is 61.8 Å². The maximum Gasteiger partial charge on any atom is 0.319 e. The molecule has 3 heterocycles. The number of hydrogen-bond donors (Lipinski definition) is 0. The van der Waals surface area contributed by atoms with Gasteiger partial charge in [-0.05, 0) is 55.6 Å². The minimum Gasteiger partial charge on any atom is -0.462 e. The van der Waals surface area contributed by atoms with Gasteiger partial charge in [0, 0.05) is 64.6 Å². The summed E-state index contributed by atoms with van der Waals surface area (Å²) in [5.41, 5.74) is 2.36. The quantitative estimate of drug-likeness (QED) is 0.236. The van der Waals surface area contributed by atoms with Crippen LogP contribution in [0.5, 0.6) is 6.01 Å². The average molecular weight is 609 g/mol. The number of carbonyl (C=O) groups is 1. The molecule has 1 amide bonds. The van der Waals surface area contributed by atoms with Gasteiger partial charge in [0.05, 0.1) is 5.52 Å². The molecule has 6 rings (SSSR count). The Hall–Kier alpha value is -3.46. The summed E-state index contributed by atoms with van der Waals surface area (Å²) in [6.07, 6.45) is 0.885. The fourth-order valence-electron chi connectivity index (χ4n) is 6.10. The molecule has 7 nitrogen and oxygen atoms in total. The highest BCUT2D eigenvalue weighted by atomic mass is 35.5. The Morgan fingerprint density at radius 1 is 1.10 bits per heavy atom. The van der Waals surface area contributed by atoms with Crippen LogP contribution in [-0.2, 0) is 4.79 Å². The smallest absolute Gasteiger partial charge is 0.319 e. The number of likely N-dealkylation sites (N-methyl/N-ethyl adjacent to an activating group) is 1. The number of hydrogen-bond acceptors (Lipinski definition) is 6. The Labute approximate surface area is 254 Å². The normalized spacial score (nSPS) is 21.3. The molecule has 0 aliphatic carbocycles. The third kappa shape index (κ3) is 5.39. The van der Waals surface area contributed by atoms with Crippen LogP contribution in [0.3, 0.4) is 0 Å². The number of nitrogens with zero attached hydrogens (tertiary/aromatic N) is 5. The van der Waals surface area contributed by atoms with Gasteiger partial charge in [0.15, 0.2) is 0 Å². The van der Waals surface area contributed by atoms with E-state index in [-0.39, 0.29) is 30.6 Å². The van der Waals surface area contributed by atoms with Gasteiger partial charge < -0.3 is 14.5 Å². The lowest BCUT2D eigenvalue weighted by Gasteiger charge is -2.40. The lowest BCUT2D eigenvalue weighted by Crippen LogP contribution is -2.53. The lowest BCUT2D eigenvalue weighted by molar-refractivity contribution is -0.126. The summed E-state index contributed by atoms with van der Waals surface area (Å²) >= 11 is 13.6. The van der Waals surface area contributed by atoms with Gasteiger partial charge in [0.2, 0.25) is 5.91 Å². The summed E-state index contributed by atoms with van der Waals surface area (Å²) in [7, 11) is 1.90. The van der Waals surface area contributed by atoms with E-state index in [1.807, 2.05) is 60.5 Å². The van der Waals surface area contributed by atoms with Crippen LogP contribution in [0, 0.1) is 0 Å². The SMILES string of the molecule is C=CC(=O)N1CCN(c2nc(OC[C@@H]3C[C@@H](F)CN3C)nc3cc(-c4cccc5cccc(Cl)c45)c(Cl)cc23)[C@@H](C)C1. The molecular weight excluding hydrogens is 576 g/mol. The molecule has 2 fully saturated rings. The van der Waals surface area contributed by atoms with Crippen molar-refractivity contribution in [2.24, 2.45) is 0 Å². The number of halogens is 3. The molecule has 2 aliphatic heterocycles. The molecule has 4 aromatic rings. The maximum absolute atomic E-state index is 14.0. The van der Waals surface area contributed by atoms with E-state index >= 15 is 0 Å². The van der Waals surface area contributed by atoms with E-state index in [0.717, 1.165) is 27.3 Å². The fourth-order valence-corrected chi connectivity index (χ4v) is 6.65. The Balaban J connectivity index is 1.45. The van der Waals surface area contributed by atoms with Crippen LogP contribution in [0.1, 0.15) is 13.3 Å². The zero-order valence-corrected chi connectivity index (χ0v) is 25.1. The van der Waals surface area contributed by atoms with Gasteiger partial charge in [0.1, 0.15) is 18.6 Å². The van der Waals surface area contributed by atoms with Gasteiger partial charge in [0.25, 0.3) is 0 Å². The molecule has 42 heavy (non-hydrogen) atoms. The summed E-state index contributed by atoms with van der Waals surface area (Å²) in [6, 6.07) is 15.8. The molecule has 1 aromatic heterocycles. The number of anilines is 1. The third-order valence-corrected chi connectivity index (χ3v) is 8.94. The minimum absolute atomic E-state index is 0.0304. The van der Waals surface area contributed by atoms with Gasteiger partial charge >= 0.3 is 6.01 Å². The van der Waals surface area contributed by atoms with Gasteiger partial charge in [-0.1, -0.05) is 60.1 Å². The number of amides is 1. The van der Waals surface area contributed by atoms with E-state index in [4.69, 9.17) is 37.9 Å². The Bertz CT molecular complexity index is 1680. The van der Waals surface area contributed by atoms with Crippen molar-refractivity contribution >= 4 is 56.6 Å². The second-order valence-corrected chi connectivity index (χ2v) is 11.9. The fraction of sp³-hybridized carbons (Fsp3) is 0.344. The monoisotopic (exact) mass is 607 g/mol. The minimum atomic E-state index is -0.871. The van der Waals surface area contributed by atoms with Crippen LogP contribution in [0.4, 0.5) is 10.2 Å². The summed E-state index contributed by atoms with van der Waals surface area (Å²) in [4.78, 5) is 27.9. The van der Waals surface area contributed by atoms with Crippen LogP contribution in [-0.4, -0.2) is 83.8 Å². The number of fused-ring (bicyclic) bond motifs is 2. The molecule has 0 spiro atoms. The van der Waals surface area contributed by atoms with E-state index in [0.29, 0.717) is 54.0 Å². The van der Waals surface area contributed by atoms with Crippen molar-refractivity contribution in [3.63, 3.8) is 0 Å². The summed E-state index contributed by atoms with van der Waals surface area (Å²) in [5, 5.41) is 3.88. The van der Waals surface area contributed by atoms with Crippen LogP contribution >= 0.6 is 23.2 Å². The molecule has 3 atom stereocenters. The van der Waals surface area contributed by atoms with Crippen molar-refractivity contribution in [3.8, 4) is 17.1 Å². The first kappa shape index (κ1) is 28.6. The zero-order valence-electron chi connectivity index (χ0n) is 23.6. The molecule has 218 valence electrons. The molecule has 2 aliphatic rings. The standard InChI is InChI=1S/C32H32Cl2FN5O2/c1-4-29(41)39-11-12-40(19(2)16-39)31-25-14-27(34)24(23-9-5-7-20-8-6-10-26(33)30(20)23)15-28(25)36-32(37-31)42-18-22-13-21(35)17-38(22)3/h4-10,14-15,19,21-22H,1,11-13,16-18H2,2-3H3/t19-,21+,22-/m0/s1. The first-order chi connectivity index (χ1) is 20.2. The van der Waals surface area contributed by atoms with Gasteiger partial charge in [-0.3, -0.25) is 9.69 Å². The van der Waals surface area contributed by atoms with Crippen molar-refractivity contribution in [2.45, 2.75) is 31.6 Å². The first-order valence-corrected chi connectivity index (χ1v) is 14.8. The van der Waals surface area contributed by atoms with Crippen molar-refractivity contribution in [1.82, 2.24) is 19.8 Å².